The molecule has 0 amide bonds. The third-order valence-electron chi connectivity index (χ3n) is 6.53. The fourth-order valence-corrected chi connectivity index (χ4v) is 4.74. The van der Waals surface area contributed by atoms with Crippen molar-refractivity contribution < 1.29 is 14.3 Å². The number of ether oxygens (including phenoxy) is 1. The summed E-state index contributed by atoms with van der Waals surface area (Å²) in [6.45, 7) is 3.63. The molecule has 0 aliphatic heterocycles. The summed E-state index contributed by atoms with van der Waals surface area (Å²) in [5, 5.41) is 4.51. The Hall–Kier alpha value is -3.08. The Bertz CT molecular complexity index is 1090. The first kappa shape index (κ1) is 21.2. The molecule has 1 aliphatic rings. The van der Waals surface area contributed by atoms with Gasteiger partial charge in [0, 0.05) is 34.0 Å². The van der Waals surface area contributed by atoms with Crippen molar-refractivity contribution in [2.75, 3.05) is 12.4 Å². The Morgan fingerprint density at radius 3 is 2.52 bits per heavy atom. The smallest absolute Gasteiger partial charge is 0.313 e. The van der Waals surface area contributed by atoms with E-state index >= 15 is 0 Å². The maximum atomic E-state index is 12.6. The van der Waals surface area contributed by atoms with E-state index in [2.05, 4.69) is 29.4 Å². The Balaban J connectivity index is 1.62. The second-order valence-electron chi connectivity index (χ2n) is 8.68. The summed E-state index contributed by atoms with van der Waals surface area (Å²) < 4.78 is 5.17. The predicted octanol–water partition coefficient (Wildman–Crippen LogP) is 6.26. The van der Waals surface area contributed by atoms with Gasteiger partial charge in [-0.05, 0) is 73.7 Å². The zero-order valence-electron chi connectivity index (χ0n) is 18.5. The van der Waals surface area contributed by atoms with E-state index in [1.807, 2.05) is 30.5 Å². The number of aromatic amines is 1. The summed E-state index contributed by atoms with van der Waals surface area (Å²) in [6, 6.07) is 11.7. The molecule has 1 fully saturated rings. The van der Waals surface area contributed by atoms with E-state index in [1.54, 1.807) is 6.92 Å². The lowest BCUT2D eigenvalue weighted by Gasteiger charge is -2.18. The lowest BCUT2D eigenvalue weighted by atomic mass is 9.87. The van der Waals surface area contributed by atoms with Crippen LogP contribution in [0.15, 0.2) is 42.6 Å². The van der Waals surface area contributed by atoms with E-state index in [9.17, 15) is 9.59 Å². The Morgan fingerprint density at radius 1 is 1.16 bits per heavy atom. The molecule has 1 aromatic heterocycles. The molecular weight excluding hydrogens is 388 g/mol. The number of carbonyl (C=O) groups is 2. The van der Waals surface area contributed by atoms with Gasteiger partial charge in [0.15, 0.2) is 5.78 Å². The largest absolute Gasteiger partial charge is 0.469 e. The number of hydrogen-bond acceptors (Lipinski definition) is 4. The number of carbonyl (C=O) groups excluding carboxylic acids is 2. The van der Waals surface area contributed by atoms with Gasteiger partial charge in [0.2, 0.25) is 0 Å². The maximum Gasteiger partial charge on any atom is 0.313 e. The molecule has 5 nitrogen and oxygen atoms in total. The molecule has 5 heteroatoms. The number of benzene rings is 2. The molecule has 2 N–H and O–H groups in total. The van der Waals surface area contributed by atoms with Crippen LogP contribution in [0.2, 0.25) is 0 Å². The highest BCUT2D eigenvalue weighted by molar-refractivity contribution is 5.95. The van der Waals surface area contributed by atoms with E-state index in [-0.39, 0.29) is 17.7 Å². The molecule has 1 aliphatic carbocycles. The van der Waals surface area contributed by atoms with Gasteiger partial charge in [0.25, 0.3) is 0 Å². The Morgan fingerprint density at radius 2 is 1.87 bits per heavy atom. The van der Waals surface area contributed by atoms with E-state index in [0.29, 0.717) is 11.5 Å². The van der Waals surface area contributed by atoms with Gasteiger partial charge in [0.05, 0.1) is 13.0 Å². The fourth-order valence-electron chi connectivity index (χ4n) is 4.74. The van der Waals surface area contributed by atoms with Crippen molar-refractivity contribution in [2.45, 2.75) is 51.9 Å². The topological polar surface area (TPSA) is 71.2 Å². The number of H-pyrrole nitrogens is 1. The van der Waals surface area contributed by atoms with Crippen LogP contribution in [0.25, 0.3) is 10.9 Å². The quantitative estimate of drug-likeness (QED) is 0.351. The minimum atomic E-state index is -0.237. The van der Waals surface area contributed by atoms with E-state index in [0.717, 1.165) is 39.8 Å². The molecule has 31 heavy (non-hydrogen) atoms. The Labute approximate surface area is 183 Å². The van der Waals surface area contributed by atoms with Crippen LogP contribution in [0, 0.1) is 12.8 Å². The molecule has 4 rings (SSSR count). The highest BCUT2D eigenvalue weighted by Crippen LogP contribution is 2.38. The van der Waals surface area contributed by atoms with Gasteiger partial charge in [-0.3, -0.25) is 9.59 Å². The number of rotatable bonds is 7. The summed E-state index contributed by atoms with van der Waals surface area (Å²) in [5.41, 5.74) is 5.71. The second kappa shape index (κ2) is 8.96. The zero-order chi connectivity index (χ0) is 22.0. The van der Waals surface area contributed by atoms with Crippen molar-refractivity contribution in [2.24, 2.45) is 5.92 Å². The molecule has 3 aromatic rings. The van der Waals surface area contributed by atoms with Gasteiger partial charge in [-0.1, -0.05) is 25.7 Å². The summed E-state index contributed by atoms with van der Waals surface area (Å²) >= 11 is 0. The highest BCUT2D eigenvalue weighted by Gasteiger charge is 2.29. The number of ketones is 1. The van der Waals surface area contributed by atoms with Crippen molar-refractivity contribution in [1.29, 1.82) is 0 Å². The first-order chi connectivity index (χ1) is 15.0. The minimum Gasteiger partial charge on any atom is -0.469 e. The van der Waals surface area contributed by atoms with E-state index < -0.39 is 0 Å². The summed E-state index contributed by atoms with van der Waals surface area (Å²) in [6.07, 6.45) is 7.73. The first-order valence-electron chi connectivity index (χ1n) is 11.0. The summed E-state index contributed by atoms with van der Waals surface area (Å²) in [5.74, 6) is 0.257. The standard InChI is InChI=1S/C26H30N2O3/c1-16-12-21-23(22(26(30)31-3)13-18-6-4-5-7-18)15-27-25(21)14-24(16)28-20-10-8-19(9-11-20)17(2)29/h8-12,14-15,18,22,27-28H,4-7,13H2,1-3H3. The zero-order valence-corrected chi connectivity index (χ0v) is 18.5. The van der Waals surface area contributed by atoms with Crippen LogP contribution in [-0.4, -0.2) is 23.8 Å². The van der Waals surface area contributed by atoms with Gasteiger partial charge >= 0.3 is 5.97 Å². The molecule has 2 aromatic carbocycles. The van der Waals surface area contributed by atoms with Crippen molar-refractivity contribution in [3.05, 3.63) is 59.3 Å². The average Bonchev–Trinajstić information content (AvgIpc) is 3.42. The van der Waals surface area contributed by atoms with Crippen molar-refractivity contribution in [1.82, 2.24) is 4.98 Å². The maximum absolute atomic E-state index is 12.6. The van der Waals surface area contributed by atoms with Gasteiger partial charge in [-0.2, -0.15) is 0 Å². The van der Waals surface area contributed by atoms with Crippen LogP contribution >= 0.6 is 0 Å². The fraction of sp³-hybridized carbons (Fsp3) is 0.385. The van der Waals surface area contributed by atoms with Gasteiger partial charge in [-0.25, -0.2) is 0 Å². The van der Waals surface area contributed by atoms with Crippen molar-refractivity contribution in [3.63, 3.8) is 0 Å². The predicted molar refractivity (Wildman–Crippen MR) is 124 cm³/mol. The van der Waals surface area contributed by atoms with Crippen LogP contribution in [0.5, 0.6) is 0 Å². The number of hydrogen-bond donors (Lipinski definition) is 2. The van der Waals surface area contributed by atoms with Gasteiger partial charge < -0.3 is 15.0 Å². The molecule has 1 unspecified atom stereocenters. The highest BCUT2D eigenvalue weighted by atomic mass is 16.5. The molecule has 0 saturated heterocycles. The van der Waals surface area contributed by atoms with Crippen molar-refractivity contribution >= 4 is 34.0 Å². The molecule has 1 atom stereocenters. The summed E-state index contributed by atoms with van der Waals surface area (Å²) in [4.78, 5) is 27.5. The molecule has 0 bridgehead atoms. The average molecular weight is 419 g/mol. The first-order valence-corrected chi connectivity index (χ1v) is 11.0. The van der Waals surface area contributed by atoms with Crippen molar-refractivity contribution in [3.8, 4) is 0 Å². The lowest BCUT2D eigenvalue weighted by molar-refractivity contribution is -0.142. The molecule has 0 radical (unpaired) electrons. The van der Waals surface area contributed by atoms with E-state index in [4.69, 9.17) is 4.74 Å². The summed E-state index contributed by atoms with van der Waals surface area (Å²) in [7, 11) is 1.48. The monoisotopic (exact) mass is 418 g/mol. The van der Waals surface area contributed by atoms with Crippen LogP contribution in [-0.2, 0) is 9.53 Å². The number of Topliss-reactive ketones (excluding diaryl/α,β-unsaturated/α-hetero) is 1. The van der Waals surface area contributed by atoms with Crippen LogP contribution in [0.4, 0.5) is 11.4 Å². The normalized spacial score (nSPS) is 15.2. The number of aromatic nitrogens is 1. The molecule has 1 heterocycles. The molecule has 162 valence electrons. The third-order valence-corrected chi connectivity index (χ3v) is 6.53. The van der Waals surface area contributed by atoms with Gasteiger partial charge in [-0.15, -0.1) is 0 Å². The number of aryl methyl sites for hydroxylation is 1. The SMILES string of the molecule is COC(=O)C(CC1CCCC1)c1c[nH]c2cc(Nc3ccc(C(C)=O)cc3)c(C)cc12. The van der Waals surface area contributed by atoms with E-state index in [1.165, 1.54) is 32.8 Å². The van der Waals surface area contributed by atoms with Crippen LogP contribution < -0.4 is 5.32 Å². The second-order valence-corrected chi connectivity index (χ2v) is 8.68. The van der Waals surface area contributed by atoms with Crippen LogP contribution in [0.1, 0.15) is 66.4 Å². The Kier molecular flexibility index (Phi) is 6.12. The number of anilines is 2. The number of nitrogens with one attached hydrogen (secondary N) is 2. The van der Waals surface area contributed by atoms with Crippen LogP contribution in [0.3, 0.4) is 0 Å². The number of fused-ring (bicyclic) bond motifs is 1. The molecule has 0 spiro atoms. The molecule has 1 saturated carbocycles. The minimum absolute atomic E-state index is 0.0563. The third kappa shape index (κ3) is 4.50. The number of methoxy groups -OCH3 is 1. The van der Waals surface area contributed by atoms with Gasteiger partial charge in [0.1, 0.15) is 0 Å². The number of esters is 1. The lowest BCUT2D eigenvalue weighted by Crippen LogP contribution is -2.17. The molecular formula is C26H30N2O3.